The summed E-state index contributed by atoms with van der Waals surface area (Å²) < 4.78 is 5.12. The number of rotatable bonds is 6. The van der Waals surface area contributed by atoms with E-state index >= 15 is 0 Å². The van der Waals surface area contributed by atoms with Gasteiger partial charge in [0.05, 0.1) is 12.0 Å². The Morgan fingerprint density at radius 3 is 2.38 bits per heavy atom. The minimum Gasteiger partial charge on any atom is -0.465 e. The molecule has 21 heavy (non-hydrogen) atoms. The summed E-state index contributed by atoms with van der Waals surface area (Å²) in [4.78, 5) is 11.6. The summed E-state index contributed by atoms with van der Waals surface area (Å²) in [6.45, 7) is 5.65. The molecule has 0 atom stereocenters. The summed E-state index contributed by atoms with van der Waals surface area (Å²) in [5, 5.41) is 20.5. The molecule has 1 rings (SSSR count). The van der Waals surface area contributed by atoms with Crippen molar-refractivity contribution in [1.82, 2.24) is 0 Å². The molecule has 0 heterocycles. The predicted octanol–water partition coefficient (Wildman–Crippen LogP) is 3.24. The van der Waals surface area contributed by atoms with Gasteiger partial charge in [0, 0.05) is 17.0 Å². The quantitative estimate of drug-likeness (QED) is 0.480. The molecule has 0 bridgehead atoms. The van der Waals surface area contributed by atoms with Crippen LogP contribution >= 0.6 is 11.6 Å². The molecule has 0 saturated heterocycles. The summed E-state index contributed by atoms with van der Waals surface area (Å²) >= 11 is 5.95. The van der Waals surface area contributed by atoms with Gasteiger partial charge >= 0.3 is 5.97 Å². The molecule has 0 amide bonds. The van der Waals surface area contributed by atoms with Gasteiger partial charge in [-0.05, 0) is 39.7 Å². The van der Waals surface area contributed by atoms with Crippen LogP contribution in [0, 0.1) is 5.41 Å². The highest BCUT2D eigenvalue weighted by atomic mass is 35.5. The number of carbonyl (C=O) groups excluding carboxylic acids is 1. The molecule has 118 valence electrons. The number of ether oxygens (including phenoxy) is 1. The van der Waals surface area contributed by atoms with Crippen LogP contribution in [0.25, 0.3) is 0 Å². The summed E-state index contributed by atoms with van der Waals surface area (Å²) in [5.41, 5.74) is -0.228. The van der Waals surface area contributed by atoms with Crippen molar-refractivity contribution in [3.05, 3.63) is 34.9 Å². The van der Waals surface area contributed by atoms with Gasteiger partial charge in [0.2, 0.25) is 0 Å². The molecule has 0 aliphatic carbocycles. The van der Waals surface area contributed by atoms with E-state index < -0.39 is 11.2 Å². The van der Waals surface area contributed by atoms with E-state index in [1.165, 1.54) is 0 Å². The molecular formula is C16H23ClO4. The van der Waals surface area contributed by atoms with E-state index in [0.29, 0.717) is 23.4 Å². The maximum absolute atomic E-state index is 11.6. The van der Waals surface area contributed by atoms with Crippen LogP contribution in [-0.2, 0) is 15.3 Å². The molecule has 0 unspecified atom stereocenters. The number of esters is 1. The Hall–Kier alpha value is -1.10. The first kappa shape index (κ1) is 18.0. The Balaban J connectivity index is 2.39. The van der Waals surface area contributed by atoms with Crippen LogP contribution in [0.3, 0.4) is 0 Å². The lowest BCUT2D eigenvalue weighted by Crippen LogP contribution is -2.26. The van der Waals surface area contributed by atoms with Gasteiger partial charge in [-0.2, -0.15) is 0 Å². The van der Waals surface area contributed by atoms with E-state index in [4.69, 9.17) is 16.3 Å². The maximum atomic E-state index is 11.6. The molecule has 0 fully saturated rings. The van der Waals surface area contributed by atoms with E-state index in [2.05, 4.69) is 0 Å². The van der Waals surface area contributed by atoms with E-state index in [0.717, 1.165) is 0 Å². The van der Waals surface area contributed by atoms with Crippen LogP contribution < -0.4 is 0 Å². The van der Waals surface area contributed by atoms with Gasteiger partial charge in [0.25, 0.3) is 0 Å². The fourth-order valence-electron chi connectivity index (χ4n) is 1.78. The zero-order valence-electron chi connectivity index (χ0n) is 12.7. The minimum absolute atomic E-state index is 0.129. The Morgan fingerprint density at radius 1 is 1.19 bits per heavy atom. The second-order valence-corrected chi connectivity index (χ2v) is 6.55. The maximum Gasteiger partial charge on any atom is 0.311 e. The van der Waals surface area contributed by atoms with Crippen molar-refractivity contribution in [3.63, 3.8) is 0 Å². The first-order valence-corrected chi connectivity index (χ1v) is 7.39. The minimum atomic E-state index is -1.97. The lowest BCUT2D eigenvalue weighted by Gasteiger charge is -2.23. The average molecular weight is 315 g/mol. The number of aliphatic hydroxyl groups is 2. The van der Waals surface area contributed by atoms with Crippen LogP contribution in [0.5, 0.6) is 0 Å². The summed E-state index contributed by atoms with van der Waals surface area (Å²) in [5.74, 6) is -2.22. The Labute approximate surface area is 130 Å². The van der Waals surface area contributed by atoms with Crippen molar-refractivity contribution >= 4 is 17.6 Å². The molecule has 0 radical (unpaired) electrons. The number of halogens is 1. The SMILES string of the molecule is CC(C)(C)C(=O)OCCCCC(O)(O)c1ccccc1Cl. The largest absolute Gasteiger partial charge is 0.465 e. The second-order valence-electron chi connectivity index (χ2n) is 6.14. The van der Waals surface area contributed by atoms with Crippen LogP contribution in [0.15, 0.2) is 24.3 Å². The summed E-state index contributed by atoms with van der Waals surface area (Å²) in [6.07, 6.45) is 1.20. The van der Waals surface area contributed by atoms with Crippen LogP contribution in [0.1, 0.15) is 45.6 Å². The number of unbranched alkanes of at least 4 members (excludes halogenated alkanes) is 1. The fraction of sp³-hybridized carbons (Fsp3) is 0.562. The van der Waals surface area contributed by atoms with Gasteiger partial charge in [-0.25, -0.2) is 0 Å². The van der Waals surface area contributed by atoms with E-state index in [1.807, 2.05) is 0 Å². The predicted molar refractivity (Wildman–Crippen MR) is 81.8 cm³/mol. The van der Waals surface area contributed by atoms with Crippen molar-refractivity contribution in [3.8, 4) is 0 Å². The molecule has 0 aliphatic heterocycles. The van der Waals surface area contributed by atoms with Crippen LogP contribution in [0.4, 0.5) is 0 Å². The number of hydrogen-bond donors (Lipinski definition) is 2. The number of hydrogen-bond acceptors (Lipinski definition) is 4. The normalized spacial score (nSPS) is 12.3. The smallest absolute Gasteiger partial charge is 0.311 e. The third-order valence-corrected chi connectivity index (χ3v) is 3.40. The first-order valence-electron chi connectivity index (χ1n) is 7.01. The number of carbonyl (C=O) groups is 1. The van der Waals surface area contributed by atoms with Crippen molar-refractivity contribution in [2.24, 2.45) is 5.41 Å². The molecule has 1 aromatic carbocycles. The zero-order chi connectivity index (χ0) is 16.1. The van der Waals surface area contributed by atoms with Gasteiger partial charge in [-0.3, -0.25) is 4.79 Å². The highest BCUT2D eigenvalue weighted by molar-refractivity contribution is 6.31. The fourth-order valence-corrected chi connectivity index (χ4v) is 2.06. The first-order chi connectivity index (χ1) is 9.64. The molecular weight excluding hydrogens is 292 g/mol. The van der Waals surface area contributed by atoms with Gasteiger partial charge < -0.3 is 14.9 Å². The van der Waals surface area contributed by atoms with E-state index in [-0.39, 0.29) is 19.0 Å². The topological polar surface area (TPSA) is 66.8 Å². The molecule has 0 aromatic heterocycles. The Morgan fingerprint density at radius 2 is 1.81 bits per heavy atom. The van der Waals surface area contributed by atoms with Crippen LogP contribution in [0.2, 0.25) is 5.02 Å². The van der Waals surface area contributed by atoms with Gasteiger partial charge in [0.1, 0.15) is 0 Å². The third-order valence-electron chi connectivity index (χ3n) is 3.07. The third kappa shape index (κ3) is 5.65. The molecule has 0 aliphatic rings. The zero-order valence-corrected chi connectivity index (χ0v) is 13.5. The second kappa shape index (κ2) is 7.25. The van der Waals surface area contributed by atoms with Crippen molar-refractivity contribution < 1.29 is 19.7 Å². The Bertz CT molecular complexity index is 477. The van der Waals surface area contributed by atoms with Gasteiger partial charge in [-0.1, -0.05) is 29.8 Å². The van der Waals surface area contributed by atoms with Crippen molar-refractivity contribution in [2.75, 3.05) is 6.61 Å². The van der Waals surface area contributed by atoms with Gasteiger partial charge in [-0.15, -0.1) is 0 Å². The monoisotopic (exact) mass is 314 g/mol. The highest BCUT2D eigenvalue weighted by Crippen LogP contribution is 2.30. The number of benzene rings is 1. The molecule has 0 saturated carbocycles. The molecule has 1 aromatic rings. The molecule has 5 heteroatoms. The highest BCUT2D eigenvalue weighted by Gasteiger charge is 2.27. The van der Waals surface area contributed by atoms with Crippen LogP contribution in [-0.4, -0.2) is 22.8 Å². The molecule has 4 nitrogen and oxygen atoms in total. The van der Waals surface area contributed by atoms with E-state index in [9.17, 15) is 15.0 Å². The van der Waals surface area contributed by atoms with Crippen molar-refractivity contribution in [2.45, 2.75) is 45.8 Å². The van der Waals surface area contributed by atoms with Crippen molar-refractivity contribution in [1.29, 1.82) is 0 Å². The Kier molecular flexibility index (Phi) is 6.20. The summed E-state index contributed by atoms with van der Waals surface area (Å²) in [6, 6.07) is 6.63. The summed E-state index contributed by atoms with van der Waals surface area (Å²) in [7, 11) is 0. The lowest BCUT2D eigenvalue weighted by atomic mass is 9.97. The molecule has 0 spiro atoms. The van der Waals surface area contributed by atoms with Gasteiger partial charge in [0.15, 0.2) is 5.79 Å². The standard InChI is InChI=1S/C16H23ClO4/c1-15(2,3)14(18)21-11-7-6-10-16(19,20)12-8-4-5-9-13(12)17/h4-5,8-9,19-20H,6-7,10-11H2,1-3H3. The van der Waals surface area contributed by atoms with E-state index in [1.54, 1.807) is 45.0 Å². The molecule has 2 N–H and O–H groups in total. The average Bonchev–Trinajstić information content (AvgIpc) is 2.37. The lowest BCUT2D eigenvalue weighted by molar-refractivity contribution is -0.175.